The van der Waals surface area contributed by atoms with E-state index in [1.54, 1.807) is 0 Å². The highest BCUT2D eigenvalue weighted by Gasteiger charge is 1.97. The Morgan fingerprint density at radius 1 is 0.727 bits per heavy atom. The molecule has 0 aromatic carbocycles. The highest BCUT2D eigenvalue weighted by molar-refractivity contribution is 5.56. The van der Waals surface area contributed by atoms with Crippen molar-refractivity contribution in [1.82, 2.24) is 0 Å². The molecule has 0 saturated heterocycles. The quantitative estimate of drug-likeness (QED) is 0.183. The smallest absolute Gasteiger partial charge is 0.432 e. The Morgan fingerprint density at radius 2 is 1.18 bits per heavy atom. The fourth-order valence-corrected chi connectivity index (χ4v) is 2.51. The Kier molecular flexibility index (Phi) is 17.2. The van der Waals surface area contributed by atoms with Crippen molar-refractivity contribution in [3.63, 3.8) is 0 Å². The van der Waals surface area contributed by atoms with E-state index in [1.807, 2.05) is 0 Å². The topological polar surface area (TPSA) is 46.2 Å². The molecule has 0 atom stereocenters. The van der Waals surface area contributed by atoms with Gasteiger partial charge in [-0.05, 0) is 32.1 Å². The van der Waals surface area contributed by atoms with Crippen molar-refractivity contribution in [2.24, 2.45) is 0 Å². The molecule has 1 radical (unpaired) electrons. The molecule has 0 saturated carbocycles. The molecule has 0 aromatic rings. The summed E-state index contributed by atoms with van der Waals surface area (Å²) >= 11 is 0. The van der Waals surface area contributed by atoms with Gasteiger partial charge in [0.1, 0.15) is 0 Å². The molecular formula is C19H35O3. The summed E-state index contributed by atoms with van der Waals surface area (Å²) < 4.78 is 4.36. The predicted molar refractivity (Wildman–Crippen MR) is 91.5 cm³/mol. The molecule has 0 aliphatic carbocycles. The number of unbranched alkanes of at least 4 members (excludes halogenated alkanes) is 12. The Hall–Kier alpha value is -0.990. The minimum atomic E-state index is -1.41. The highest BCUT2D eigenvalue weighted by atomic mass is 16.7. The molecule has 0 spiro atoms. The van der Waals surface area contributed by atoms with Crippen molar-refractivity contribution in [3.05, 3.63) is 12.2 Å². The van der Waals surface area contributed by atoms with Crippen LogP contribution < -0.4 is 0 Å². The van der Waals surface area contributed by atoms with E-state index in [0.29, 0.717) is 0 Å². The molecule has 0 aliphatic rings. The van der Waals surface area contributed by atoms with E-state index in [0.717, 1.165) is 19.3 Å². The van der Waals surface area contributed by atoms with Gasteiger partial charge in [-0.3, -0.25) is 0 Å². The van der Waals surface area contributed by atoms with Crippen molar-refractivity contribution >= 4 is 6.16 Å². The third-order valence-corrected chi connectivity index (χ3v) is 3.88. The number of rotatable bonds is 16. The van der Waals surface area contributed by atoms with E-state index in [2.05, 4.69) is 23.8 Å². The van der Waals surface area contributed by atoms with Gasteiger partial charge in [0.2, 0.25) is 0 Å². The molecule has 3 nitrogen and oxygen atoms in total. The van der Waals surface area contributed by atoms with Crippen LogP contribution in [0, 0.1) is 0 Å². The van der Waals surface area contributed by atoms with Crippen LogP contribution in [0.1, 0.15) is 96.8 Å². The summed E-state index contributed by atoms with van der Waals surface area (Å²) in [6.07, 6.45) is 20.7. The van der Waals surface area contributed by atoms with Crippen LogP contribution in [-0.4, -0.2) is 12.8 Å². The average molecular weight is 311 g/mol. The molecule has 0 aromatic heterocycles. The number of allylic oxidation sites excluding steroid dienone is 2. The maximum Gasteiger partial charge on any atom is 0.549 e. The van der Waals surface area contributed by atoms with Crippen LogP contribution in [0.3, 0.4) is 0 Å². The first-order valence-electron chi connectivity index (χ1n) is 9.26. The fourth-order valence-electron chi connectivity index (χ4n) is 2.51. The molecule has 0 bridgehead atoms. The first-order valence-corrected chi connectivity index (χ1v) is 9.26. The fraction of sp³-hybridized carbons (Fsp3) is 0.842. The van der Waals surface area contributed by atoms with Crippen LogP contribution in [0.2, 0.25) is 0 Å². The molecule has 0 fully saturated rings. The van der Waals surface area contributed by atoms with Crippen molar-refractivity contribution in [2.45, 2.75) is 96.8 Å². The summed E-state index contributed by atoms with van der Waals surface area (Å²) in [5.41, 5.74) is 0. The maximum absolute atomic E-state index is 10.0. The van der Waals surface area contributed by atoms with Gasteiger partial charge < -0.3 is 4.74 Å². The zero-order valence-electron chi connectivity index (χ0n) is 14.5. The Balaban J connectivity index is 3.06. The van der Waals surface area contributed by atoms with Crippen LogP contribution in [0.5, 0.6) is 0 Å². The number of hydrogen-bond acceptors (Lipinski definition) is 2. The van der Waals surface area contributed by atoms with E-state index in [4.69, 9.17) is 0 Å². The molecule has 0 heterocycles. The maximum atomic E-state index is 10.0. The summed E-state index contributed by atoms with van der Waals surface area (Å²) in [5.74, 6) is 0. The summed E-state index contributed by atoms with van der Waals surface area (Å²) in [6.45, 7) is 2.54. The lowest BCUT2D eigenvalue weighted by atomic mass is 10.1. The Bertz CT molecular complexity index is 261. The van der Waals surface area contributed by atoms with Gasteiger partial charge in [0.05, 0.1) is 6.61 Å². The summed E-state index contributed by atoms with van der Waals surface area (Å²) in [6, 6.07) is 0. The molecule has 3 heteroatoms. The average Bonchev–Trinajstić information content (AvgIpc) is 2.50. The summed E-state index contributed by atoms with van der Waals surface area (Å²) in [4.78, 5) is 10.0. The summed E-state index contributed by atoms with van der Waals surface area (Å²) in [7, 11) is 0. The molecular weight excluding hydrogens is 276 g/mol. The predicted octanol–water partition coefficient (Wildman–Crippen LogP) is 6.59. The molecule has 129 valence electrons. The van der Waals surface area contributed by atoms with Gasteiger partial charge in [-0.15, -0.1) is 0 Å². The highest BCUT2D eigenvalue weighted by Crippen LogP contribution is 2.09. The second kappa shape index (κ2) is 18.1. The summed E-state index contributed by atoms with van der Waals surface area (Å²) in [5, 5.41) is 10.0. The largest absolute Gasteiger partial charge is 0.549 e. The van der Waals surface area contributed by atoms with E-state index in [-0.39, 0.29) is 6.61 Å². The zero-order valence-corrected chi connectivity index (χ0v) is 14.5. The van der Waals surface area contributed by atoms with E-state index >= 15 is 0 Å². The lowest BCUT2D eigenvalue weighted by Gasteiger charge is -2.00. The lowest BCUT2D eigenvalue weighted by Crippen LogP contribution is -1.99. The standard InChI is InChI=1S/C19H35O3/c1-2-3-4-5-6-7-8-9-10-11-12-13-14-15-16-17-18-22-19(20)21/h9-10H,2-8,11-18H2,1H3/b10-9-. The van der Waals surface area contributed by atoms with Gasteiger partial charge in [0.15, 0.2) is 0 Å². The third kappa shape index (κ3) is 19.0. The normalized spacial score (nSPS) is 11.1. The van der Waals surface area contributed by atoms with E-state index in [1.165, 1.54) is 70.6 Å². The second-order valence-electron chi connectivity index (χ2n) is 6.04. The van der Waals surface area contributed by atoms with Crippen LogP contribution in [0.4, 0.5) is 4.79 Å². The Labute approximate surface area is 137 Å². The molecule has 0 rings (SSSR count). The first-order chi connectivity index (χ1) is 10.8. The Morgan fingerprint density at radius 3 is 1.68 bits per heavy atom. The minimum absolute atomic E-state index is 0.281. The van der Waals surface area contributed by atoms with Crippen LogP contribution in [0.15, 0.2) is 12.2 Å². The molecule has 22 heavy (non-hydrogen) atoms. The van der Waals surface area contributed by atoms with E-state index in [9.17, 15) is 9.90 Å². The molecule has 0 amide bonds. The van der Waals surface area contributed by atoms with Crippen molar-refractivity contribution in [1.29, 1.82) is 0 Å². The third-order valence-electron chi connectivity index (χ3n) is 3.88. The van der Waals surface area contributed by atoms with Crippen molar-refractivity contribution in [3.8, 4) is 0 Å². The van der Waals surface area contributed by atoms with Crippen molar-refractivity contribution in [2.75, 3.05) is 6.61 Å². The van der Waals surface area contributed by atoms with Gasteiger partial charge in [0.25, 0.3) is 0 Å². The van der Waals surface area contributed by atoms with Gasteiger partial charge >= 0.3 is 6.16 Å². The lowest BCUT2D eigenvalue weighted by molar-refractivity contribution is 0.0664. The molecule has 0 N–H and O–H groups in total. The first kappa shape index (κ1) is 21.0. The number of carbonyl (C=O) groups excluding carboxylic acids is 1. The number of ether oxygens (including phenoxy) is 1. The minimum Gasteiger partial charge on any atom is -0.432 e. The van der Waals surface area contributed by atoms with Crippen LogP contribution >= 0.6 is 0 Å². The number of hydrogen-bond donors (Lipinski definition) is 0. The number of carbonyl (C=O) groups is 1. The van der Waals surface area contributed by atoms with Crippen LogP contribution in [0.25, 0.3) is 0 Å². The molecule has 0 unspecified atom stereocenters. The second-order valence-corrected chi connectivity index (χ2v) is 6.04. The molecule has 0 aliphatic heterocycles. The van der Waals surface area contributed by atoms with Crippen LogP contribution in [-0.2, 0) is 9.84 Å². The van der Waals surface area contributed by atoms with Gasteiger partial charge in [-0.1, -0.05) is 76.9 Å². The zero-order chi connectivity index (χ0) is 16.3. The van der Waals surface area contributed by atoms with Gasteiger partial charge in [0, 0.05) is 0 Å². The van der Waals surface area contributed by atoms with Crippen molar-refractivity contribution < 1.29 is 14.6 Å². The SMILES string of the molecule is CCCCCCCC/C=C\CCCCCCCCOC([O])=O. The van der Waals surface area contributed by atoms with Gasteiger partial charge in [-0.2, -0.15) is 9.90 Å². The van der Waals surface area contributed by atoms with E-state index < -0.39 is 6.16 Å². The monoisotopic (exact) mass is 311 g/mol. The van der Waals surface area contributed by atoms with Gasteiger partial charge in [-0.25, -0.2) is 0 Å².